The van der Waals surface area contributed by atoms with Crippen molar-refractivity contribution in [2.45, 2.75) is 44.1 Å². The Hall–Kier alpha value is -0.770. The Bertz CT molecular complexity index is 228. The molecular formula is C9H18O8. The van der Waals surface area contributed by atoms with Crippen LogP contribution in [0.1, 0.15) is 13.3 Å². The van der Waals surface area contributed by atoms with Gasteiger partial charge in [-0.3, -0.25) is 4.79 Å². The summed E-state index contributed by atoms with van der Waals surface area (Å²) in [4.78, 5) is 9.37. The Morgan fingerprint density at radius 1 is 1.12 bits per heavy atom. The Balaban J connectivity index is 0.000000437. The molecule has 8 nitrogen and oxygen atoms in total. The molecule has 8 heteroatoms. The summed E-state index contributed by atoms with van der Waals surface area (Å²) >= 11 is 0. The van der Waals surface area contributed by atoms with Crippen LogP contribution < -0.4 is 0 Å². The van der Waals surface area contributed by atoms with E-state index >= 15 is 0 Å². The topological polar surface area (TPSA) is 148 Å². The SMILES string of the molecule is CCC(=O)O.OC[C@H]1O[C@@H](O)[C@H](O)[C@@H](O)[C@@H]1O. The minimum absolute atomic E-state index is 0.222. The van der Waals surface area contributed by atoms with E-state index in [0.29, 0.717) is 0 Å². The van der Waals surface area contributed by atoms with Crippen LogP contribution in [0.3, 0.4) is 0 Å². The van der Waals surface area contributed by atoms with Gasteiger partial charge < -0.3 is 35.4 Å². The maximum Gasteiger partial charge on any atom is 0.303 e. The van der Waals surface area contributed by atoms with Crippen molar-refractivity contribution in [3.8, 4) is 0 Å². The van der Waals surface area contributed by atoms with Crippen LogP contribution in [0.15, 0.2) is 0 Å². The van der Waals surface area contributed by atoms with Gasteiger partial charge in [-0.1, -0.05) is 6.92 Å². The van der Waals surface area contributed by atoms with E-state index in [2.05, 4.69) is 4.74 Å². The third kappa shape index (κ3) is 4.94. The number of aliphatic hydroxyl groups is 5. The zero-order chi connectivity index (χ0) is 13.6. The molecule has 1 rings (SSSR count). The molecule has 1 fully saturated rings. The molecule has 5 atom stereocenters. The number of hydrogen-bond donors (Lipinski definition) is 6. The van der Waals surface area contributed by atoms with E-state index in [1.807, 2.05) is 0 Å². The first-order valence-corrected chi connectivity index (χ1v) is 5.05. The lowest BCUT2D eigenvalue weighted by Gasteiger charge is -2.37. The number of aliphatic carboxylic acids is 1. The van der Waals surface area contributed by atoms with E-state index in [4.69, 9.17) is 30.6 Å². The molecule has 1 saturated heterocycles. The van der Waals surface area contributed by atoms with Crippen molar-refractivity contribution < 1.29 is 40.2 Å². The van der Waals surface area contributed by atoms with Crippen molar-refractivity contribution in [1.82, 2.24) is 0 Å². The van der Waals surface area contributed by atoms with Crippen LogP contribution in [0.4, 0.5) is 0 Å². The summed E-state index contributed by atoms with van der Waals surface area (Å²) < 4.78 is 4.58. The third-order valence-corrected chi connectivity index (χ3v) is 2.17. The highest BCUT2D eigenvalue weighted by Crippen LogP contribution is 2.18. The second-order valence-electron chi connectivity index (χ2n) is 3.47. The van der Waals surface area contributed by atoms with Gasteiger partial charge in [-0.15, -0.1) is 0 Å². The van der Waals surface area contributed by atoms with Crippen molar-refractivity contribution >= 4 is 5.97 Å². The average Bonchev–Trinajstić information content (AvgIpc) is 2.31. The van der Waals surface area contributed by atoms with E-state index in [9.17, 15) is 4.79 Å². The van der Waals surface area contributed by atoms with Gasteiger partial charge in [-0.25, -0.2) is 0 Å². The van der Waals surface area contributed by atoms with Gasteiger partial charge in [0.1, 0.15) is 24.4 Å². The molecule has 0 spiro atoms. The van der Waals surface area contributed by atoms with Crippen LogP contribution in [0, 0.1) is 0 Å². The summed E-state index contributed by atoms with van der Waals surface area (Å²) in [5.74, 6) is -0.745. The molecule has 0 aromatic heterocycles. The molecule has 6 N–H and O–H groups in total. The fraction of sp³-hybridized carbons (Fsp3) is 0.889. The maximum absolute atomic E-state index is 9.37. The van der Waals surface area contributed by atoms with Crippen LogP contribution in [-0.2, 0) is 9.53 Å². The lowest BCUT2D eigenvalue weighted by Crippen LogP contribution is -2.58. The first-order valence-electron chi connectivity index (χ1n) is 5.05. The molecule has 0 aromatic rings. The van der Waals surface area contributed by atoms with Crippen molar-refractivity contribution in [2.75, 3.05) is 6.61 Å². The van der Waals surface area contributed by atoms with Crippen LogP contribution in [0.25, 0.3) is 0 Å². The van der Waals surface area contributed by atoms with Gasteiger partial charge in [0.25, 0.3) is 0 Å². The highest BCUT2D eigenvalue weighted by molar-refractivity contribution is 5.66. The van der Waals surface area contributed by atoms with Gasteiger partial charge >= 0.3 is 5.97 Å². The van der Waals surface area contributed by atoms with Crippen molar-refractivity contribution in [3.63, 3.8) is 0 Å². The molecule has 0 radical (unpaired) electrons. The number of rotatable bonds is 2. The van der Waals surface area contributed by atoms with Crippen molar-refractivity contribution in [2.24, 2.45) is 0 Å². The number of carbonyl (C=O) groups is 1. The van der Waals surface area contributed by atoms with Gasteiger partial charge in [0.05, 0.1) is 6.61 Å². The molecule has 1 heterocycles. The summed E-state index contributed by atoms with van der Waals surface area (Å²) in [6.45, 7) is 1.07. The van der Waals surface area contributed by atoms with Gasteiger partial charge in [-0.2, -0.15) is 0 Å². The molecule has 0 saturated carbocycles. The number of aliphatic hydroxyl groups excluding tert-OH is 5. The van der Waals surface area contributed by atoms with E-state index in [-0.39, 0.29) is 6.42 Å². The van der Waals surface area contributed by atoms with Gasteiger partial charge in [0.2, 0.25) is 0 Å². The average molecular weight is 254 g/mol. The Morgan fingerprint density at radius 2 is 1.59 bits per heavy atom. The van der Waals surface area contributed by atoms with Gasteiger partial charge in [0.15, 0.2) is 6.29 Å². The number of ether oxygens (including phenoxy) is 1. The fourth-order valence-electron chi connectivity index (χ4n) is 1.08. The highest BCUT2D eigenvalue weighted by atomic mass is 16.6. The zero-order valence-corrected chi connectivity index (χ0v) is 9.30. The van der Waals surface area contributed by atoms with E-state index in [1.54, 1.807) is 6.92 Å². The van der Waals surface area contributed by atoms with E-state index in [1.165, 1.54) is 0 Å². The first kappa shape index (κ1) is 16.2. The molecule has 0 bridgehead atoms. The fourth-order valence-corrected chi connectivity index (χ4v) is 1.08. The lowest BCUT2D eigenvalue weighted by atomic mass is 10.00. The molecule has 1 aliphatic heterocycles. The van der Waals surface area contributed by atoms with E-state index < -0.39 is 43.3 Å². The Kier molecular flexibility index (Phi) is 7.19. The summed E-state index contributed by atoms with van der Waals surface area (Å²) in [5, 5.41) is 52.4. The molecule has 102 valence electrons. The van der Waals surface area contributed by atoms with Crippen molar-refractivity contribution in [3.05, 3.63) is 0 Å². The molecule has 0 amide bonds. The molecule has 17 heavy (non-hydrogen) atoms. The molecule has 0 aliphatic carbocycles. The zero-order valence-electron chi connectivity index (χ0n) is 9.30. The quantitative estimate of drug-likeness (QED) is 0.311. The largest absolute Gasteiger partial charge is 0.481 e. The number of hydrogen-bond acceptors (Lipinski definition) is 7. The highest BCUT2D eigenvalue weighted by Gasteiger charge is 2.42. The monoisotopic (exact) mass is 254 g/mol. The van der Waals surface area contributed by atoms with Crippen LogP contribution in [0.2, 0.25) is 0 Å². The van der Waals surface area contributed by atoms with Gasteiger partial charge in [0, 0.05) is 6.42 Å². The summed E-state index contributed by atoms with van der Waals surface area (Å²) in [6.07, 6.45) is -6.82. The second-order valence-corrected chi connectivity index (χ2v) is 3.47. The lowest BCUT2D eigenvalue weighted by molar-refractivity contribution is -0.286. The van der Waals surface area contributed by atoms with Gasteiger partial charge in [-0.05, 0) is 0 Å². The maximum atomic E-state index is 9.37. The van der Waals surface area contributed by atoms with Crippen LogP contribution in [0.5, 0.6) is 0 Å². The second kappa shape index (κ2) is 7.54. The predicted octanol–water partition coefficient (Wildman–Crippen LogP) is -2.74. The summed E-state index contributed by atoms with van der Waals surface area (Å²) in [7, 11) is 0. The van der Waals surface area contributed by atoms with E-state index in [0.717, 1.165) is 0 Å². The van der Waals surface area contributed by atoms with Crippen LogP contribution in [-0.4, -0.2) is 73.9 Å². The molecule has 1 aliphatic rings. The molecular weight excluding hydrogens is 236 g/mol. The minimum atomic E-state index is -1.57. The first-order chi connectivity index (χ1) is 7.84. The van der Waals surface area contributed by atoms with Crippen LogP contribution >= 0.6 is 0 Å². The Labute approximate surface area is 97.7 Å². The normalized spacial score (nSPS) is 36.9. The third-order valence-electron chi connectivity index (χ3n) is 2.17. The summed E-state index contributed by atoms with van der Waals surface area (Å²) in [5.41, 5.74) is 0. The Morgan fingerprint density at radius 3 is 1.94 bits per heavy atom. The molecule has 0 aromatic carbocycles. The minimum Gasteiger partial charge on any atom is -0.481 e. The van der Waals surface area contributed by atoms with Crippen molar-refractivity contribution in [1.29, 1.82) is 0 Å². The molecule has 0 unspecified atom stereocenters. The number of carboxylic acids is 1. The standard InChI is InChI=1S/C6H12O6.C3H6O2/c7-1-2-3(8)4(9)5(10)6(11)12-2;1-2-3(4)5/h2-11H,1H2;2H2,1H3,(H,4,5)/t2-,3-,4+,5-,6-;/m1./s1. The summed E-state index contributed by atoms with van der Waals surface area (Å²) in [6, 6.07) is 0. The smallest absolute Gasteiger partial charge is 0.303 e. The number of carboxylic acid groups (broad SMARTS) is 1. The predicted molar refractivity (Wildman–Crippen MR) is 53.9 cm³/mol.